The van der Waals surface area contributed by atoms with E-state index < -0.39 is 23.6 Å². The molecular formula is C20H20ClF2NO3. The smallest absolute Gasteiger partial charge is 0.244 e. The highest BCUT2D eigenvalue weighted by Crippen LogP contribution is 2.36. The van der Waals surface area contributed by atoms with Gasteiger partial charge in [0.05, 0.1) is 24.8 Å². The molecule has 27 heavy (non-hydrogen) atoms. The van der Waals surface area contributed by atoms with Crippen LogP contribution in [-0.2, 0) is 4.79 Å². The van der Waals surface area contributed by atoms with Gasteiger partial charge in [0.25, 0.3) is 0 Å². The van der Waals surface area contributed by atoms with E-state index in [1.54, 1.807) is 25.1 Å². The van der Waals surface area contributed by atoms with Crippen molar-refractivity contribution in [3.8, 4) is 11.5 Å². The monoisotopic (exact) mass is 395 g/mol. The summed E-state index contributed by atoms with van der Waals surface area (Å²) >= 11 is 6.19. The summed E-state index contributed by atoms with van der Waals surface area (Å²) in [5, 5.41) is 2.98. The van der Waals surface area contributed by atoms with Crippen LogP contribution in [0.1, 0.15) is 31.0 Å². The molecule has 0 aliphatic carbocycles. The highest BCUT2D eigenvalue weighted by molar-refractivity contribution is 6.32. The van der Waals surface area contributed by atoms with E-state index in [2.05, 4.69) is 5.32 Å². The standard InChI is InChI=1S/C20H20ClF2NO3/c1-4-27-20-16(21)9-13(10-18(20)26-3)5-8-19(25)24-12(2)15-7-6-14(22)11-17(15)23/h5-12H,4H2,1-3H3,(H,24,25)/b8-5+/t12-/m0/s1. The normalized spacial score (nSPS) is 12.1. The second-order valence-corrected chi connectivity index (χ2v) is 6.10. The predicted octanol–water partition coefficient (Wildman–Crippen LogP) is 4.92. The minimum atomic E-state index is -0.713. The summed E-state index contributed by atoms with van der Waals surface area (Å²) in [6.07, 6.45) is 2.84. The van der Waals surface area contributed by atoms with Gasteiger partial charge in [-0.3, -0.25) is 4.79 Å². The maximum Gasteiger partial charge on any atom is 0.244 e. The SMILES string of the molecule is CCOc1c(Cl)cc(/C=C/C(=O)N[C@@H](C)c2ccc(F)cc2F)cc1OC. The van der Waals surface area contributed by atoms with E-state index in [0.29, 0.717) is 28.7 Å². The maximum absolute atomic E-state index is 13.8. The first-order valence-corrected chi connectivity index (χ1v) is 8.67. The van der Waals surface area contributed by atoms with E-state index in [-0.39, 0.29) is 5.56 Å². The third-order valence-corrected chi connectivity index (χ3v) is 4.04. The third-order valence-electron chi connectivity index (χ3n) is 3.76. The summed E-state index contributed by atoms with van der Waals surface area (Å²) in [5.74, 6) is -0.934. The number of methoxy groups -OCH3 is 1. The topological polar surface area (TPSA) is 47.6 Å². The Labute approximate surface area is 161 Å². The molecule has 0 aliphatic heterocycles. The third kappa shape index (κ3) is 5.44. The molecule has 0 spiro atoms. The molecule has 0 radical (unpaired) electrons. The molecule has 0 fully saturated rings. The zero-order valence-electron chi connectivity index (χ0n) is 15.2. The maximum atomic E-state index is 13.8. The van der Waals surface area contributed by atoms with Crippen LogP contribution < -0.4 is 14.8 Å². The molecule has 2 aromatic carbocycles. The molecule has 1 amide bonds. The molecule has 0 bridgehead atoms. The molecule has 144 valence electrons. The molecule has 2 aromatic rings. The largest absolute Gasteiger partial charge is 0.493 e. The van der Waals surface area contributed by atoms with E-state index in [9.17, 15) is 13.6 Å². The molecule has 0 unspecified atom stereocenters. The Kier molecular flexibility index (Phi) is 7.19. The zero-order chi connectivity index (χ0) is 20.0. The molecule has 7 heteroatoms. The Balaban J connectivity index is 2.11. The summed E-state index contributed by atoms with van der Waals surface area (Å²) in [5.41, 5.74) is 0.833. The Morgan fingerprint density at radius 1 is 1.30 bits per heavy atom. The fourth-order valence-corrected chi connectivity index (χ4v) is 2.76. The van der Waals surface area contributed by atoms with Gasteiger partial charge in [-0.25, -0.2) is 8.78 Å². The zero-order valence-corrected chi connectivity index (χ0v) is 15.9. The van der Waals surface area contributed by atoms with Crippen molar-refractivity contribution < 1.29 is 23.0 Å². The number of benzene rings is 2. The number of rotatable bonds is 7. The van der Waals surface area contributed by atoms with Gasteiger partial charge in [-0.15, -0.1) is 0 Å². The Bertz CT molecular complexity index is 855. The van der Waals surface area contributed by atoms with Crippen LogP contribution in [0.3, 0.4) is 0 Å². The summed E-state index contributed by atoms with van der Waals surface area (Å²) in [6.45, 7) is 3.88. The molecule has 0 aromatic heterocycles. The minimum Gasteiger partial charge on any atom is -0.493 e. The minimum absolute atomic E-state index is 0.198. The Morgan fingerprint density at radius 2 is 2.04 bits per heavy atom. The average Bonchev–Trinajstić information content (AvgIpc) is 2.61. The van der Waals surface area contributed by atoms with Gasteiger partial charge in [0.2, 0.25) is 5.91 Å². The lowest BCUT2D eigenvalue weighted by atomic mass is 10.1. The van der Waals surface area contributed by atoms with Crippen LogP contribution in [0.2, 0.25) is 5.02 Å². The number of ether oxygens (including phenoxy) is 2. The number of amides is 1. The number of carbonyl (C=O) groups excluding carboxylic acids is 1. The Morgan fingerprint density at radius 3 is 2.67 bits per heavy atom. The van der Waals surface area contributed by atoms with Crippen molar-refractivity contribution in [2.24, 2.45) is 0 Å². The molecule has 0 aliphatic rings. The molecule has 2 rings (SSSR count). The number of hydrogen-bond donors (Lipinski definition) is 1. The number of halogens is 3. The highest BCUT2D eigenvalue weighted by atomic mass is 35.5. The number of carbonyl (C=O) groups is 1. The van der Waals surface area contributed by atoms with Crippen molar-refractivity contribution in [2.45, 2.75) is 19.9 Å². The first-order valence-electron chi connectivity index (χ1n) is 8.29. The van der Waals surface area contributed by atoms with Crippen molar-refractivity contribution in [2.75, 3.05) is 13.7 Å². The van der Waals surface area contributed by atoms with Gasteiger partial charge in [0.15, 0.2) is 11.5 Å². The van der Waals surface area contributed by atoms with Crippen LogP contribution in [0.4, 0.5) is 8.78 Å². The van der Waals surface area contributed by atoms with Crippen molar-refractivity contribution in [1.29, 1.82) is 0 Å². The first-order chi connectivity index (χ1) is 12.8. The number of hydrogen-bond acceptors (Lipinski definition) is 3. The average molecular weight is 396 g/mol. The van der Waals surface area contributed by atoms with Gasteiger partial charge in [-0.1, -0.05) is 17.7 Å². The summed E-state index contributed by atoms with van der Waals surface area (Å²) < 4.78 is 37.5. The highest BCUT2D eigenvalue weighted by Gasteiger charge is 2.14. The summed E-state index contributed by atoms with van der Waals surface area (Å²) in [4.78, 5) is 12.1. The van der Waals surface area contributed by atoms with Crippen LogP contribution in [0.15, 0.2) is 36.4 Å². The quantitative estimate of drug-likeness (QED) is 0.677. The van der Waals surface area contributed by atoms with Crippen LogP contribution in [0.25, 0.3) is 6.08 Å². The van der Waals surface area contributed by atoms with Crippen LogP contribution in [0, 0.1) is 11.6 Å². The van der Waals surface area contributed by atoms with Gasteiger partial charge < -0.3 is 14.8 Å². The fourth-order valence-electron chi connectivity index (χ4n) is 2.48. The fraction of sp³-hybridized carbons (Fsp3) is 0.250. The van der Waals surface area contributed by atoms with Gasteiger partial charge in [0, 0.05) is 17.7 Å². The van der Waals surface area contributed by atoms with Crippen LogP contribution in [0.5, 0.6) is 11.5 Å². The van der Waals surface area contributed by atoms with Crippen molar-refractivity contribution in [1.82, 2.24) is 5.32 Å². The lowest BCUT2D eigenvalue weighted by Gasteiger charge is -2.14. The van der Waals surface area contributed by atoms with E-state index in [1.165, 1.54) is 19.3 Å². The van der Waals surface area contributed by atoms with Crippen LogP contribution >= 0.6 is 11.6 Å². The van der Waals surface area contributed by atoms with Crippen molar-refractivity contribution >= 4 is 23.6 Å². The molecule has 1 N–H and O–H groups in total. The summed E-state index contributed by atoms with van der Waals surface area (Å²) in [6, 6.07) is 5.93. The molecule has 1 atom stereocenters. The van der Waals surface area contributed by atoms with Crippen LogP contribution in [-0.4, -0.2) is 19.6 Å². The van der Waals surface area contributed by atoms with E-state index in [0.717, 1.165) is 12.1 Å². The molecule has 0 saturated carbocycles. The second-order valence-electron chi connectivity index (χ2n) is 5.70. The van der Waals surface area contributed by atoms with Crippen molar-refractivity contribution in [3.05, 3.63) is 64.2 Å². The van der Waals surface area contributed by atoms with E-state index in [4.69, 9.17) is 21.1 Å². The lowest BCUT2D eigenvalue weighted by molar-refractivity contribution is -0.117. The molecule has 0 heterocycles. The number of nitrogens with one attached hydrogen (secondary N) is 1. The van der Waals surface area contributed by atoms with Gasteiger partial charge in [-0.05, 0) is 43.7 Å². The van der Waals surface area contributed by atoms with E-state index >= 15 is 0 Å². The van der Waals surface area contributed by atoms with E-state index in [1.807, 2.05) is 6.92 Å². The summed E-state index contributed by atoms with van der Waals surface area (Å²) in [7, 11) is 1.49. The lowest BCUT2D eigenvalue weighted by Crippen LogP contribution is -2.25. The van der Waals surface area contributed by atoms with Gasteiger partial charge in [-0.2, -0.15) is 0 Å². The Hall–Kier alpha value is -2.60. The second kappa shape index (κ2) is 9.37. The van der Waals surface area contributed by atoms with Gasteiger partial charge in [0.1, 0.15) is 11.6 Å². The molecule has 4 nitrogen and oxygen atoms in total. The predicted molar refractivity (Wildman–Crippen MR) is 101 cm³/mol. The molecular weight excluding hydrogens is 376 g/mol. The first kappa shape index (κ1) is 20.7. The van der Waals surface area contributed by atoms with Gasteiger partial charge >= 0.3 is 0 Å². The van der Waals surface area contributed by atoms with Crippen molar-refractivity contribution in [3.63, 3.8) is 0 Å². The molecule has 0 saturated heterocycles.